The Morgan fingerprint density at radius 1 is 0.966 bits per heavy atom. The molecule has 2 aliphatic rings. The van der Waals surface area contributed by atoms with Gasteiger partial charge in [-0.1, -0.05) is 25.0 Å². The SMILES string of the molecule is FC(F)(F)c1ccc(CN2CC(Nc3nccc(N4CCCCCC4)n3)C2)cc1. The Hall–Kier alpha value is -2.35. The number of rotatable bonds is 5. The predicted molar refractivity (Wildman–Crippen MR) is 107 cm³/mol. The molecule has 0 bridgehead atoms. The van der Waals surface area contributed by atoms with Gasteiger partial charge in [-0.25, -0.2) is 4.98 Å². The molecule has 0 saturated carbocycles. The second-order valence-corrected chi connectivity index (χ2v) is 7.87. The Morgan fingerprint density at radius 2 is 1.66 bits per heavy atom. The van der Waals surface area contributed by atoms with Crippen LogP contribution in [-0.4, -0.2) is 47.1 Å². The summed E-state index contributed by atoms with van der Waals surface area (Å²) in [6, 6.07) is 7.62. The smallest absolute Gasteiger partial charge is 0.356 e. The number of halogens is 3. The maximum Gasteiger partial charge on any atom is 0.416 e. The number of nitrogens with zero attached hydrogens (tertiary/aromatic N) is 4. The average molecular weight is 405 g/mol. The summed E-state index contributed by atoms with van der Waals surface area (Å²) in [5.74, 6) is 1.62. The zero-order chi connectivity index (χ0) is 20.3. The predicted octanol–water partition coefficient (Wildman–Crippen LogP) is 4.17. The van der Waals surface area contributed by atoms with E-state index in [4.69, 9.17) is 0 Å². The van der Waals surface area contributed by atoms with Gasteiger partial charge < -0.3 is 10.2 Å². The number of hydrogen-bond acceptors (Lipinski definition) is 5. The van der Waals surface area contributed by atoms with Crippen LogP contribution in [0.25, 0.3) is 0 Å². The molecule has 1 N–H and O–H groups in total. The van der Waals surface area contributed by atoms with Crippen LogP contribution in [-0.2, 0) is 12.7 Å². The normalized spacial score (nSPS) is 18.9. The minimum atomic E-state index is -4.29. The van der Waals surface area contributed by atoms with Gasteiger partial charge in [0.05, 0.1) is 11.6 Å². The lowest BCUT2D eigenvalue weighted by atomic mass is 10.1. The van der Waals surface area contributed by atoms with Crippen LogP contribution in [0.15, 0.2) is 36.5 Å². The monoisotopic (exact) mass is 405 g/mol. The molecule has 0 amide bonds. The van der Waals surface area contributed by atoms with Crippen molar-refractivity contribution < 1.29 is 13.2 Å². The number of nitrogens with one attached hydrogen (secondary N) is 1. The first-order valence-corrected chi connectivity index (χ1v) is 10.2. The topological polar surface area (TPSA) is 44.3 Å². The van der Waals surface area contributed by atoms with Crippen LogP contribution in [0.5, 0.6) is 0 Å². The van der Waals surface area contributed by atoms with Crippen molar-refractivity contribution >= 4 is 11.8 Å². The first-order valence-electron chi connectivity index (χ1n) is 10.2. The second-order valence-electron chi connectivity index (χ2n) is 7.87. The molecule has 1 aromatic heterocycles. The van der Waals surface area contributed by atoms with Gasteiger partial charge in [0.25, 0.3) is 0 Å². The van der Waals surface area contributed by atoms with Crippen molar-refractivity contribution in [3.05, 3.63) is 47.7 Å². The highest BCUT2D eigenvalue weighted by Gasteiger charge is 2.31. The first kappa shape index (κ1) is 19.9. The third-order valence-electron chi connectivity index (χ3n) is 5.55. The largest absolute Gasteiger partial charge is 0.416 e. The van der Waals surface area contributed by atoms with Gasteiger partial charge in [0.15, 0.2) is 0 Å². The molecule has 5 nitrogen and oxygen atoms in total. The molecule has 4 rings (SSSR count). The van der Waals surface area contributed by atoms with E-state index >= 15 is 0 Å². The molecular weight excluding hydrogens is 379 g/mol. The number of benzene rings is 1. The molecule has 8 heteroatoms. The van der Waals surface area contributed by atoms with Crippen molar-refractivity contribution in [2.45, 2.75) is 44.4 Å². The molecule has 1 aromatic carbocycles. The Kier molecular flexibility index (Phi) is 5.89. The van der Waals surface area contributed by atoms with Gasteiger partial charge in [0.1, 0.15) is 5.82 Å². The van der Waals surface area contributed by atoms with Gasteiger partial charge >= 0.3 is 6.18 Å². The quantitative estimate of drug-likeness (QED) is 0.809. The fourth-order valence-electron chi connectivity index (χ4n) is 3.92. The molecule has 2 fully saturated rings. The summed E-state index contributed by atoms with van der Waals surface area (Å²) in [6.45, 7) is 4.36. The van der Waals surface area contributed by atoms with E-state index in [1.807, 2.05) is 6.07 Å². The van der Waals surface area contributed by atoms with Crippen molar-refractivity contribution in [2.24, 2.45) is 0 Å². The molecule has 29 heavy (non-hydrogen) atoms. The van der Waals surface area contributed by atoms with E-state index in [1.54, 1.807) is 18.3 Å². The fourth-order valence-corrected chi connectivity index (χ4v) is 3.92. The van der Waals surface area contributed by atoms with Crippen LogP contribution in [0.4, 0.5) is 24.9 Å². The highest BCUT2D eigenvalue weighted by Crippen LogP contribution is 2.29. The molecule has 0 spiro atoms. The third-order valence-corrected chi connectivity index (χ3v) is 5.55. The molecule has 2 aliphatic heterocycles. The number of alkyl halides is 3. The summed E-state index contributed by atoms with van der Waals surface area (Å²) in [5, 5.41) is 3.38. The third kappa shape index (κ3) is 5.18. The minimum Gasteiger partial charge on any atom is -0.356 e. The van der Waals surface area contributed by atoms with Crippen molar-refractivity contribution in [3.8, 4) is 0 Å². The molecule has 0 atom stereocenters. The van der Waals surface area contributed by atoms with Crippen molar-refractivity contribution in [1.29, 1.82) is 0 Å². The summed E-state index contributed by atoms with van der Waals surface area (Å²) in [6.07, 6.45) is 2.48. The van der Waals surface area contributed by atoms with Gasteiger partial charge in [0.2, 0.25) is 5.95 Å². The molecule has 2 saturated heterocycles. The lowest BCUT2D eigenvalue weighted by Gasteiger charge is -2.39. The summed E-state index contributed by atoms with van der Waals surface area (Å²) in [4.78, 5) is 13.6. The first-order chi connectivity index (χ1) is 14.0. The summed E-state index contributed by atoms with van der Waals surface area (Å²) >= 11 is 0. The number of aromatic nitrogens is 2. The molecular formula is C21H26F3N5. The molecule has 0 aliphatic carbocycles. The summed E-state index contributed by atoms with van der Waals surface area (Å²) in [5.41, 5.74) is 0.279. The van der Waals surface area contributed by atoms with Crippen molar-refractivity contribution in [2.75, 3.05) is 36.4 Å². The van der Waals surface area contributed by atoms with E-state index in [0.717, 1.165) is 49.7 Å². The number of hydrogen-bond donors (Lipinski definition) is 1. The second kappa shape index (κ2) is 8.57. The van der Waals surface area contributed by atoms with Gasteiger partial charge in [-0.15, -0.1) is 0 Å². The Morgan fingerprint density at radius 3 is 2.31 bits per heavy atom. The van der Waals surface area contributed by atoms with Crippen molar-refractivity contribution in [1.82, 2.24) is 14.9 Å². The van der Waals surface area contributed by atoms with Gasteiger partial charge in [-0.05, 0) is 36.6 Å². The van der Waals surface area contributed by atoms with E-state index in [0.29, 0.717) is 12.5 Å². The van der Waals surface area contributed by atoms with Gasteiger partial charge in [0, 0.05) is 38.9 Å². The van der Waals surface area contributed by atoms with Crippen LogP contribution in [0.3, 0.4) is 0 Å². The Balaban J connectivity index is 1.27. The van der Waals surface area contributed by atoms with E-state index in [1.165, 1.54) is 25.7 Å². The highest BCUT2D eigenvalue weighted by molar-refractivity contribution is 5.43. The van der Waals surface area contributed by atoms with Gasteiger partial charge in [-0.3, -0.25) is 4.90 Å². The highest BCUT2D eigenvalue weighted by atomic mass is 19.4. The minimum absolute atomic E-state index is 0.254. The lowest BCUT2D eigenvalue weighted by molar-refractivity contribution is -0.137. The van der Waals surface area contributed by atoms with E-state index < -0.39 is 11.7 Å². The van der Waals surface area contributed by atoms with Crippen LogP contribution in [0.1, 0.15) is 36.8 Å². The maximum absolute atomic E-state index is 12.7. The van der Waals surface area contributed by atoms with Crippen LogP contribution in [0, 0.1) is 0 Å². The standard InChI is InChI=1S/C21H26F3N5/c22-21(23,24)17-7-5-16(6-8-17)13-28-14-18(15-28)26-20-25-10-9-19(27-20)29-11-3-1-2-4-12-29/h5-10,18H,1-4,11-15H2,(H,25,26,27). The zero-order valence-corrected chi connectivity index (χ0v) is 16.3. The summed E-state index contributed by atoms with van der Waals surface area (Å²) < 4.78 is 38.0. The van der Waals surface area contributed by atoms with Crippen LogP contribution >= 0.6 is 0 Å². The van der Waals surface area contributed by atoms with Crippen molar-refractivity contribution in [3.63, 3.8) is 0 Å². The maximum atomic E-state index is 12.7. The van der Waals surface area contributed by atoms with E-state index in [9.17, 15) is 13.2 Å². The zero-order valence-electron chi connectivity index (χ0n) is 16.3. The summed E-state index contributed by atoms with van der Waals surface area (Å²) in [7, 11) is 0. The average Bonchev–Trinajstić information content (AvgIpc) is 2.96. The number of likely N-dealkylation sites (tertiary alicyclic amines) is 1. The number of anilines is 2. The molecule has 3 heterocycles. The van der Waals surface area contributed by atoms with Crippen LogP contribution < -0.4 is 10.2 Å². The molecule has 156 valence electrons. The van der Waals surface area contributed by atoms with E-state index in [2.05, 4.69) is 25.1 Å². The fraction of sp³-hybridized carbons (Fsp3) is 0.524. The molecule has 0 radical (unpaired) electrons. The van der Waals surface area contributed by atoms with E-state index in [-0.39, 0.29) is 6.04 Å². The molecule has 0 unspecified atom stereocenters. The van der Waals surface area contributed by atoms with Gasteiger partial charge in [-0.2, -0.15) is 18.2 Å². The Bertz CT molecular complexity index is 795. The lowest BCUT2D eigenvalue weighted by Crippen LogP contribution is -2.54. The molecule has 2 aromatic rings. The Labute approximate surface area is 168 Å². The van der Waals surface area contributed by atoms with Crippen LogP contribution in [0.2, 0.25) is 0 Å².